The lowest BCUT2D eigenvalue weighted by atomic mass is 9.77. The Morgan fingerprint density at radius 2 is 2.19 bits per heavy atom. The van der Waals surface area contributed by atoms with Gasteiger partial charge in [-0.3, -0.25) is 4.79 Å². The molecule has 1 aromatic carbocycles. The number of nitrogens with one attached hydrogen (secondary N) is 1. The normalized spacial score (nSPS) is 25.3. The lowest BCUT2D eigenvalue weighted by molar-refractivity contribution is -0.140. The van der Waals surface area contributed by atoms with Crippen LogP contribution in [0.5, 0.6) is 0 Å². The Hall–Kier alpha value is -1.11. The van der Waals surface area contributed by atoms with E-state index in [1.807, 2.05) is 11.3 Å². The summed E-state index contributed by atoms with van der Waals surface area (Å²) in [5.41, 5.74) is 2.49. The van der Waals surface area contributed by atoms with Crippen LogP contribution in [0.2, 0.25) is 0 Å². The van der Waals surface area contributed by atoms with Crippen LogP contribution >= 0.6 is 23.1 Å². The lowest BCUT2D eigenvalue weighted by Crippen LogP contribution is -2.60. The van der Waals surface area contributed by atoms with Crippen molar-refractivity contribution >= 4 is 39.3 Å². The van der Waals surface area contributed by atoms with Crippen molar-refractivity contribution in [1.29, 1.82) is 0 Å². The number of thioether (sulfide) groups is 1. The number of hydrogen-bond acceptors (Lipinski definition) is 6. The second kappa shape index (κ2) is 8.10. The van der Waals surface area contributed by atoms with Crippen molar-refractivity contribution in [2.24, 2.45) is 0 Å². The molecular formula is C21H28N2O2S2. The van der Waals surface area contributed by atoms with E-state index in [-0.39, 0.29) is 11.5 Å². The highest BCUT2D eigenvalue weighted by atomic mass is 32.2. The summed E-state index contributed by atoms with van der Waals surface area (Å²) >= 11 is 3.58. The average molecular weight is 405 g/mol. The van der Waals surface area contributed by atoms with E-state index in [1.54, 1.807) is 11.8 Å². The number of carbonyl (C=O) groups excluding carboxylic acids is 1. The molecule has 6 heteroatoms. The minimum absolute atomic E-state index is 0.114. The molecule has 0 amide bonds. The Balaban J connectivity index is 1.55. The Morgan fingerprint density at radius 1 is 1.37 bits per heavy atom. The van der Waals surface area contributed by atoms with Crippen molar-refractivity contribution in [3.8, 4) is 0 Å². The van der Waals surface area contributed by atoms with Crippen molar-refractivity contribution in [3.63, 3.8) is 0 Å². The van der Waals surface area contributed by atoms with Crippen molar-refractivity contribution < 1.29 is 9.53 Å². The van der Waals surface area contributed by atoms with Crippen LogP contribution in [-0.4, -0.2) is 29.9 Å². The Kier molecular flexibility index (Phi) is 5.76. The molecule has 0 spiro atoms. The van der Waals surface area contributed by atoms with Crippen molar-refractivity contribution in [2.75, 3.05) is 12.9 Å². The third-order valence-electron chi connectivity index (χ3n) is 5.85. The number of esters is 1. The molecule has 3 aliphatic rings. The van der Waals surface area contributed by atoms with Gasteiger partial charge < -0.3 is 10.1 Å². The molecule has 3 fully saturated rings. The number of benzene rings is 1. The van der Waals surface area contributed by atoms with Gasteiger partial charge in [0.05, 0.1) is 29.3 Å². The van der Waals surface area contributed by atoms with Crippen LogP contribution in [0, 0.1) is 6.92 Å². The molecular weight excluding hydrogens is 376 g/mol. The van der Waals surface area contributed by atoms with Gasteiger partial charge in [-0.2, -0.15) is 0 Å². The van der Waals surface area contributed by atoms with Gasteiger partial charge in [-0.15, -0.1) is 23.1 Å². The van der Waals surface area contributed by atoms with E-state index in [9.17, 15) is 4.79 Å². The third-order valence-corrected chi connectivity index (χ3v) is 8.04. The topological polar surface area (TPSA) is 51.2 Å². The number of aromatic nitrogens is 1. The summed E-state index contributed by atoms with van der Waals surface area (Å²) in [7, 11) is 1.44. The molecule has 2 bridgehead atoms. The summed E-state index contributed by atoms with van der Waals surface area (Å²) in [5.74, 6) is 0.599. The summed E-state index contributed by atoms with van der Waals surface area (Å²) in [6, 6.07) is 5.12. The first-order valence-corrected chi connectivity index (χ1v) is 11.8. The highest BCUT2D eigenvalue weighted by molar-refractivity contribution is 7.99. The van der Waals surface area contributed by atoms with Gasteiger partial charge in [0.25, 0.3) is 0 Å². The number of rotatable bonds is 5. The maximum absolute atomic E-state index is 11.3. The largest absolute Gasteiger partial charge is 0.469 e. The SMILES string of the molecule is COC(=O)CCSc1cc(C)c2nc(C34CCCCCC[C@@H](C3)N4)sc2c1. The fourth-order valence-electron chi connectivity index (χ4n) is 4.37. The molecule has 27 heavy (non-hydrogen) atoms. The van der Waals surface area contributed by atoms with Crippen molar-refractivity contribution in [3.05, 3.63) is 22.7 Å². The zero-order valence-corrected chi connectivity index (χ0v) is 17.8. The van der Waals surface area contributed by atoms with Crippen LogP contribution in [0.3, 0.4) is 0 Å². The monoisotopic (exact) mass is 404 g/mol. The Bertz CT molecular complexity index is 821. The predicted molar refractivity (Wildman–Crippen MR) is 113 cm³/mol. The molecule has 2 atom stereocenters. The van der Waals surface area contributed by atoms with Gasteiger partial charge in [-0.25, -0.2) is 4.98 Å². The number of carbonyl (C=O) groups is 1. The average Bonchev–Trinajstić information content (AvgIpc) is 3.11. The van der Waals surface area contributed by atoms with E-state index in [0.717, 1.165) is 11.3 Å². The number of ether oxygens (including phenoxy) is 1. The first-order chi connectivity index (χ1) is 13.1. The summed E-state index contributed by atoms with van der Waals surface area (Å²) in [4.78, 5) is 17.6. The molecule has 4 nitrogen and oxygen atoms in total. The summed E-state index contributed by atoms with van der Waals surface area (Å²) in [5, 5.41) is 5.16. The number of aryl methyl sites for hydroxylation is 1. The molecule has 1 N–H and O–H groups in total. The molecule has 5 rings (SSSR count). The molecule has 1 aromatic heterocycles. The minimum Gasteiger partial charge on any atom is -0.469 e. The van der Waals surface area contributed by atoms with Crippen LogP contribution in [0.1, 0.15) is 61.9 Å². The summed E-state index contributed by atoms with van der Waals surface area (Å²) in [6.45, 7) is 2.15. The zero-order valence-electron chi connectivity index (χ0n) is 16.2. The van der Waals surface area contributed by atoms with E-state index in [2.05, 4.69) is 24.4 Å². The minimum atomic E-state index is -0.148. The number of methoxy groups -OCH3 is 1. The maximum atomic E-state index is 11.3. The smallest absolute Gasteiger partial charge is 0.306 e. The van der Waals surface area contributed by atoms with Crippen molar-refractivity contribution in [1.82, 2.24) is 10.3 Å². The van der Waals surface area contributed by atoms with E-state index < -0.39 is 0 Å². The third kappa shape index (κ3) is 4.03. The van der Waals surface area contributed by atoms with Gasteiger partial charge in [0.15, 0.2) is 0 Å². The maximum Gasteiger partial charge on any atom is 0.306 e. The number of fused-ring (bicyclic) bond motifs is 6. The standard InChI is InChI=1S/C21H28N2O2S2/c1-14-11-16(26-10-8-18(24)25-2)12-17-19(14)22-20(27-17)21-9-6-4-3-5-7-15(13-21)23-21/h11-12,15,23H,3-10,13H2,1-2H3/t15-,21?/m0/s1. The van der Waals surface area contributed by atoms with Crippen LogP contribution in [-0.2, 0) is 15.1 Å². The number of hydrogen-bond donors (Lipinski definition) is 1. The van der Waals surface area contributed by atoms with Gasteiger partial charge in [-0.1, -0.05) is 25.7 Å². The second-order valence-electron chi connectivity index (χ2n) is 7.86. The molecule has 146 valence electrons. The van der Waals surface area contributed by atoms with Crippen LogP contribution in [0.25, 0.3) is 10.2 Å². The van der Waals surface area contributed by atoms with Crippen LogP contribution in [0.4, 0.5) is 0 Å². The van der Waals surface area contributed by atoms with Gasteiger partial charge in [0.1, 0.15) is 5.01 Å². The van der Waals surface area contributed by atoms with Gasteiger partial charge in [0, 0.05) is 16.7 Å². The molecule has 2 saturated heterocycles. The summed E-state index contributed by atoms with van der Waals surface area (Å²) in [6.07, 6.45) is 9.59. The van der Waals surface area contributed by atoms with Crippen LogP contribution in [0.15, 0.2) is 17.0 Å². The molecule has 1 saturated carbocycles. The van der Waals surface area contributed by atoms with Crippen molar-refractivity contribution in [2.45, 2.75) is 74.8 Å². The first kappa shape index (κ1) is 19.2. The lowest BCUT2D eigenvalue weighted by Gasteiger charge is -2.48. The van der Waals surface area contributed by atoms with E-state index in [1.165, 1.54) is 72.2 Å². The fraction of sp³-hybridized carbons (Fsp3) is 0.619. The molecule has 1 aliphatic carbocycles. The zero-order chi connectivity index (χ0) is 18.9. The van der Waals surface area contributed by atoms with E-state index in [4.69, 9.17) is 9.72 Å². The van der Waals surface area contributed by atoms with E-state index >= 15 is 0 Å². The van der Waals surface area contributed by atoms with Gasteiger partial charge in [0.2, 0.25) is 0 Å². The quantitative estimate of drug-likeness (QED) is 0.550. The molecule has 2 aliphatic heterocycles. The predicted octanol–water partition coefficient (Wildman–Crippen LogP) is 5.17. The highest BCUT2D eigenvalue weighted by Crippen LogP contribution is 2.45. The molecule has 1 unspecified atom stereocenters. The second-order valence-corrected chi connectivity index (χ2v) is 10.1. The van der Waals surface area contributed by atoms with Gasteiger partial charge >= 0.3 is 5.97 Å². The molecule has 0 radical (unpaired) electrons. The van der Waals surface area contributed by atoms with Crippen LogP contribution < -0.4 is 5.32 Å². The number of thiazole rings is 1. The summed E-state index contributed by atoms with van der Waals surface area (Å²) < 4.78 is 6.00. The molecule has 3 heterocycles. The molecule has 2 aromatic rings. The number of nitrogens with zero attached hydrogens (tertiary/aromatic N) is 1. The first-order valence-electron chi connectivity index (χ1n) is 9.99. The van der Waals surface area contributed by atoms with E-state index in [0.29, 0.717) is 12.5 Å². The van der Waals surface area contributed by atoms with Gasteiger partial charge in [-0.05, 0) is 43.9 Å². The Labute approximate surface area is 169 Å². The fourth-order valence-corrected chi connectivity index (χ4v) is 6.69. The highest BCUT2D eigenvalue weighted by Gasteiger charge is 2.46. The Morgan fingerprint density at radius 3 is 3.00 bits per heavy atom.